The van der Waals surface area contributed by atoms with Crippen molar-refractivity contribution in [3.8, 4) is 11.5 Å². The van der Waals surface area contributed by atoms with Gasteiger partial charge in [-0.15, -0.1) is 31.4 Å². The van der Waals surface area contributed by atoms with Gasteiger partial charge in [-0.1, -0.05) is 12.1 Å². The molecule has 0 spiro atoms. The predicted molar refractivity (Wildman–Crippen MR) is 84.4 cm³/mol. The Morgan fingerprint density at radius 1 is 1.15 bits per heavy atom. The number of hydrogen-bond donors (Lipinski definition) is 1. The van der Waals surface area contributed by atoms with Crippen LogP contribution in [0.2, 0.25) is 0 Å². The molecule has 1 fully saturated rings. The molecule has 1 saturated heterocycles. The lowest BCUT2D eigenvalue weighted by atomic mass is 10.0. The lowest BCUT2D eigenvalue weighted by Crippen LogP contribution is -2.44. The van der Waals surface area contributed by atoms with Crippen molar-refractivity contribution in [2.45, 2.75) is 6.04 Å². The molecule has 2 aliphatic heterocycles. The van der Waals surface area contributed by atoms with Crippen molar-refractivity contribution in [3.63, 3.8) is 0 Å². The molecule has 1 atom stereocenters. The number of fused-ring (bicyclic) bond motifs is 1. The van der Waals surface area contributed by atoms with E-state index < -0.39 is 0 Å². The maximum atomic E-state index is 5.43. The van der Waals surface area contributed by atoms with Crippen molar-refractivity contribution < 1.29 is 9.47 Å². The minimum Gasteiger partial charge on any atom is -0.454 e. The van der Waals surface area contributed by atoms with Crippen LogP contribution < -0.4 is 14.8 Å². The number of rotatable bonds is 3. The first kappa shape index (κ1) is 17.1. The van der Waals surface area contributed by atoms with Gasteiger partial charge in [-0.25, -0.2) is 0 Å². The van der Waals surface area contributed by atoms with Crippen LogP contribution in [-0.2, 0) is 0 Å². The molecule has 0 amide bonds. The summed E-state index contributed by atoms with van der Waals surface area (Å²) in [6, 6.07) is 6.40. The second-order valence-corrected chi connectivity index (χ2v) is 4.58. The van der Waals surface area contributed by atoms with Gasteiger partial charge in [0.05, 0.1) is 6.04 Å². The van der Waals surface area contributed by atoms with Crippen LogP contribution in [0.1, 0.15) is 11.6 Å². The molecule has 112 valence electrons. The van der Waals surface area contributed by atoms with E-state index in [9.17, 15) is 0 Å². The SMILES string of the molecule is C=C[C@H](c1ccc2c(c1)OCO2)N1CCNCC1.Cl.Cl. The molecule has 0 bridgehead atoms. The van der Waals surface area contributed by atoms with E-state index in [1.165, 1.54) is 5.56 Å². The molecule has 20 heavy (non-hydrogen) atoms. The largest absolute Gasteiger partial charge is 0.454 e. The average molecular weight is 319 g/mol. The summed E-state index contributed by atoms with van der Waals surface area (Å²) in [6.45, 7) is 8.46. The molecule has 0 saturated carbocycles. The Hall–Kier alpha value is -0.940. The van der Waals surface area contributed by atoms with Crippen molar-refractivity contribution in [3.05, 3.63) is 36.4 Å². The van der Waals surface area contributed by atoms with Crippen molar-refractivity contribution in [1.82, 2.24) is 10.2 Å². The van der Waals surface area contributed by atoms with Crippen LogP contribution in [0.25, 0.3) is 0 Å². The highest BCUT2D eigenvalue weighted by atomic mass is 35.5. The standard InChI is InChI=1S/C14H18N2O2.2ClH/c1-2-12(16-7-5-15-6-8-16)11-3-4-13-14(9-11)18-10-17-13;;/h2-4,9,12,15H,1,5-8,10H2;2*1H/t12-;;/m1../s1. The summed E-state index contributed by atoms with van der Waals surface area (Å²) in [7, 11) is 0. The van der Waals surface area contributed by atoms with Gasteiger partial charge in [0.15, 0.2) is 11.5 Å². The molecule has 4 nitrogen and oxygen atoms in total. The molecule has 2 aliphatic rings. The van der Waals surface area contributed by atoms with Crippen molar-refractivity contribution in [2.75, 3.05) is 33.0 Å². The van der Waals surface area contributed by atoms with Crippen LogP contribution in [0.4, 0.5) is 0 Å². The van der Waals surface area contributed by atoms with E-state index >= 15 is 0 Å². The van der Waals surface area contributed by atoms with Crippen LogP contribution in [-0.4, -0.2) is 37.9 Å². The fourth-order valence-corrected chi connectivity index (χ4v) is 2.55. The first-order chi connectivity index (χ1) is 8.88. The summed E-state index contributed by atoms with van der Waals surface area (Å²) in [5.41, 5.74) is 1.22. The highest BCUT2D eigenvalue weighted by Crippen LogP contribution is 2.35. The number of benzene rings is 1. The fraction of sp³-hybridized carbons (Fsp3) is 0.429. The maximum absolute atomic E-state index is 5.43. The first-order valence-electron chi connectivity index (χ1n) is 6.35. The molecule has 1 aromatic rings. The van der Waals surface area contributed by atoms with Crippen LogP contribution in [0, 0.1) is 0 Å². The molecule has 0 radical (unpaired) electrons. The van der Waals surface area contributed by atoms with Gasteiger partial charge in [-0.3, -0.25) is 4.90 Å². The quantitative estimate of drug-likeness (QED) is 0.868. The third-order valence-electron chi connectivity index (χ3n) is 3.51. The van der Waals surface area contributed by atoms with Gasteiger partial charge in [0.25, 0.3) is 0 Å². The van der Waals surface area contributed by atoms with E-state index in [0.29, 0.717) is 6.79 Å². The minimum atomic E-state index is 0. The van der Waals surface area contributed by atoms with Gasteiger partial charge in [-0.2, -0.15) is 0 Å². The Balaban J connectivity index is 0.000001000. The number of halogens is 2. The number of nitrogens with one attached hydrogen (secondary N) is 1. The molecule has 6 heteroatoms. The zero-order valence-electron chi connectivity index (χ0n) is 11.2. The zero-order valence-corrected chi connectivity index (χ0v) is 12.8. The van der Waals surface area contributed by atoms with Gasteiger partial charge in [0.2, 0.25) is 6.79 Å². The van der Waals surface area contributed by atoms with Gasteiger partial charge >= 0.3 is 0 Å². The van der Waals surface area contributed by atoms with E-state index in [-0.39, 0.29) is 30.9 Å². The van der Waals surface area contributed by atoms with Crippen molar-refractivity contribution in [1.29, 1.82) is 0 Å². The lowest BCUT2D eigenvalue weighted by Gasteiger charge is -2.33. The molecule has 1 N–H and O–H groups in total. The molecular weight excluding hydrogens is 299 g/mol. The molecule has 2 heterocycles. The summed E-state index contributed by atoms with van der Waals surface area (Å²) in [5.74, 6) is 1.68. The Labute approximate surface area is 131 Å². The third-order valence-corrected chi connectivity index (χ3v) is 3.51. The molecule has 0 aliphatic carbocycles. The van der Waals surface area contributed by atoms with Gasteiger partial charge in [-0.05, 0) is 17.7 Å². The normalized spacial score (nSPS) is 18.6. The zero-order chi connectivity index (χ0) is 12.4. The monoisotopic (exact) mass is 318 g/mol. The van der Waals surface area contributed by atoms with Gasteiger partial charge in [0, 0.05) is 26.2 Å². The topological polar surface area (TPSA) is 33.7 Å². The molecule has 0 aromatic heterocycles. The summed E-state index contributed by atoms with van der Waals surface area (Å²) < 4.78 is 10.8. The van der Waals surface area contributed by atoms with Crippen molar-refractivity contribution in [2.24, 2.45) is 0 Å². The minimum absolute atomic E-state index is 0. The van der Waals surface area contributed by atoms with E-state index in [4.69, 9.17) is 9.47 Å². The number of hydrogen-bond acceptors (Lipinski definition) is 4. The van der Waals surface area contributed by atoms with E-state index in [1.54, 1.807) is 0 Å². The van der Waals surface area contributed by atoms with Crippen LogP contribution in [0.15, 0.2) is 30.9 Å². The highest BCUT2D eigenvalue weighted by Gasteiger charge is 2.22. The maximum Gasteiger partial charge on any atom is 0.231 e. The van der Waals surface area contributed by atoms with Crippen molar-refractivity contribution >= 4 is 24.8 Å². The molecule has 3 rings (SSSR count). The summed E-state index contributed by atoms with van der Waals surface area (Å²) in [5, 5.41) is 3.37. The second-order valence-electron chi connectivity index (χ2n) is 4.58. The number of ether oxygens (including phenoxy) is 2. The Kier molecular flexibility index (Phi) is 6.62. The fourth-order valence-electron chi connectivity index (χ4n) is 2.55. The van der Waals surface area contributed by atoms with E-state index in [1.807, 2.05) is 12.1 Å². The average Bonchev–Trinajstić information content (AvgIpc) is 2.88. The van der Waals surface area contributed by atoms with Crippen LogP contribution in [0.3, 0.4) is 0 Å². The van der Waals surface area contributed by atoms with Gasteiger partial charge < -0.3 is 14.8 Å². The summed E-state index contributed by atoms with van der Waals surface area (Å²) in [6.07, 6.45) is 2.00. The molecule has 0 unspecified atom stereocenters. The smallest absolute Gasteiger partial charge is 0.231 e. The summed E-state index contributed by atoms with van der Waals surface area (Å²) >= 11 is 0. The Morgan fingerprint density at radius 3 is 2.55 bits per heavy atom. The summed E-state index contributed by atoms with van der Waals surface area (Å²) in [4.78, 5) is 2.43. The number of piperazine rings is 1. The van der Waals surface area contributed by atoms with E-state index in [0.717, 1.165) is 37.7 Å². The molecular formula is C14H20Cl2N2O2. The second kappa shape index (κ2) is 7.74. The third kappa shape index (κ3) is 3.38. The highest BCUT2D eigenvalue weighted by molar-refractivity contribution is 5.85. The lowest BCUT2D eigenvalue weighted by molar-refractivity contribution is 0.173. The number of nitrogens with zero attached hydrogens (tertiary/aromatic N) is 1. The first-order valence-corrected chi connectivity index (χ1v) is 6.35. The Morgan fingerprint density at radius 2 is 1.85 bits per heavy atom. The van der Waals surface area contributed by atoms with Gasteiger partial charge in [0.1, 0.15) is 0 Å². The Bertz CT molecular complexity index is 451. The predicted octanol–water partition coefficient (Wildman–Crippen LogP) is 2.39. The van der Waals surface area contributed by atoms with Crippen LogP contribution in [0.5, 0.6) is 11.5 Å². The van der Waals surface area contributed by atoms with E-state index in [2.05, 4.69) is 28.9 Å². The van der Waals surface area contributed by atoms with Crippen LogP contribution >= 0.6 is 24.8 Å². The molecule has 1 aromatic carbocycles.